The number of carbonyl (C=O) groups excluding carboxylic acids is 1. The van der Waals surface area contributed by atoms with Gasteiger partial charge in [-0.25, -0.2) is 4.79 Å². The Balaban J connectivity index is 3.03. The maximum Gasteiger partial charge on any atom is 0.335 e. The van der Waals surface area contributed by atoms with E-state index in [-0.39, 0.29) is 11.5 Å². The molecule has 0 unspecified atom stereocenters. The SMILES string of the molecule is CC(=O)NCc1c(C)cc(C(=O)O)cc1C. The van der Waals surface area contributed by atoms with E-state index in [1.54, 1.807) is 12.1 Å². The van der Waals surface area contributed by atoms with Gasteiger partial charge in [-0.05, 0) is 42.7 Å². The van der Waals surface area contributed by atoms with E-state index in [0.29, 0.717) is 6.54 Å². The zero-order valence-corrected chi connectivity index (χ0v) is 9.63. The fourth-order valence-electron chi connectivity index (χ4n) is 1.61. The van der Waals surface area contributed by atoms with Gasteiger partial charge in [-0.3, -0.25) is 4.79 Å². The highest BCUT2D eigenvalue weighted by Crippen LogP contribution is 2.16. The summed E-state index contributed by atoms with van der Waals surface area (Å²) in [5.41, 5.74) is 3.01. The van der Waals surface area contributed by atoms with Gasteiger partial charge in [0.2, 0.25) is 5.91 Å². The van der Waals surface area contributed by atoms with Gasteiger partial charge in [0.1, 0.15) is 0 Å². The van der Waals surface area contributed by atoms with Gasteiger partial charge in [-0.2, -0.15) is 0 Å². The van der Waals surface area contributed by atoms with Crippen LogP contribution in [0.5, 0.6) is 0 Å². The lowest BCUT2D eigenvalue weighted by Crippen LogP contribution is -2.20. The predicted molar refractivity (Wildman–Crippen MR) is 60.4 cm³/mol. The van der Waals surface area contributed by atoms with Gasteiger partial charge in [-0.15, -0.1) is 0 Å². The third-order valence-electron chi connectivity index (χ3n) is 2.46. The molecule has 0 aliphatic carbocycles. The highest BCUT2D eigenvalue weighted by atomic mass is 16.4. The summed E-state index contributed by atoms with van der Waals surface area (Å²) in [6, 6.07) is 3.24. The van der Waals surface area contributed by atoms with Crippen LogP contribution in [0.2, 0.25) is 0 Å². The molecule has 0 bridgehead atoms. The number of aromatic carboxylic acids is 1. The van der Waals surface area contributed by atoms with Gasteiger partial charge < -0.3 is 10.4 Å². The van der Waals surface area contributed by atoms with Crippen molar-refractivity contribution in [1.29, 1.82) is 0 Å². The van der Waals surface area contributed by atoms with Crippen LogP contribution in [0.1, 0.15) is 34.0 Å². The van der Waals surface area contributed by atoms with Gasteiger partial charge in [0.15, 0.2) is 0 Å². The number of aryl methyl sites for hydroxylation is 2. The van der Waals surface area contributed by atoms with Crippen molar-refractivity contribution in [2.24, 2.45) is 0 Å². The molecule has 1 aromatic carbocycles. The summed E-state index contributed by atoms with van der Waals surface area (Å²) in [5, 5.41) is 11.6. The number of carboxylic acid groups (broad SMARTS) is 1. The van der Waals surface area contributed by atoms with Crippen molar-refractivity contribution in [3.63, 3.8) is 0 Å². The van der Waals surface area contributed by atoms with Crippen LogP contribution in [0, 0.1) is 13.8 Å². The first-order valence-corrected chi connectivity index (χ1v) is 4.99. The minimum absolute atomic E-state index is 0.0962. The van der Waals surface area contributed by atoms with Crippen LogP contribution in [-0.4, -0.2) is 17.0 Å². The van der Waals surface area contributed by atoms with E-state index in [1.165, 1.54) is 6.92 Å². The van der Waals surface area contributed by atoms with Crippen molar-refractivity contribution in [2.45, 2.75) is 27.3 Å². The molecule has 1 aromatic rings. The zero-order valence-electron chi connectivity index (χ0n) is 9.63. The Morgan fingerprint density at radius 3 is 2.12 bits per heavy atom. The second-order valence-corrected chi connectivity index (χ2v) is 3.80. The minimum Gasteiger partial charge on any atom is -0.478 e. The molecule has 1 rings (SSSR count). The lowest BCUT2D eigenvalue weighted by Gasteiger charge is -2.11. The summed E-state index contributed by atoms with van der Waals surface area (Å²) in [6.07, 6.45) is 0. The normalized spacial score (nSPS) is 9.94. The standard InChI is InChI=1S/C12H15NO3/c1-7-4-10(12(15)16)5-8(2)11(7)6-13-9(3)14/h4-5H,6H2,1-3H3,(H,13,14)(H,15,16). The van der Waals surface area contributed by atoms with Crippen LogP contribution in [0.25, 0.3) is 0 Å². The number of nitrogens with one attached hydrogen (secondary N) is 1. The Labute approximate surface area is 94.3 Å². The average Bonchev–Trinajstić information content (AvgIpc) is 2.15. The van der Waals surface area contributed by atoms with E-state index in [1.807, 2.05) is 13.8 Å². The van der Waals surface area contributed by atoms with E-state index < -0.39 is 5.97 Å². The van der Waals surface area contributed by atoms with E-state index in [9.17, 15) is 9.59 Å². The van der Waals surface area contributed by atoms with Crippen molar-refractivity contribution >= 4 is 11.9 Å². The second kappa shape index (κ2) is 4.79. The van der Waals surface area contributed by atoms with Crippen molar-refractivity contribution in [2.75, 3.05) is 0 Å². The molecule has 0 saturated heterocycles. The molecule has 0 heterocycles. The molecule has 16 heavy (non-hydrogen) atoms. The summed E-state index contributed by atoms with van der Waals surface area (Å²) < 4.78 is 0. The highest BCUT2D eigenvalue weighted by Gasteiger charge is 2.09. The average molecular weight is 221 g/mol. The maximum absolute atomic E-state index is 10.8. The third-order valence-corrected chi connectivity index (χ3v) is 2.46. The largest absolute Gasteiger partial charge is 0.478 e. The molecule has 0 saturated carbocycles. The van der Waals surface area contributed by atoms with Gasteiger partial charge in [0.25, 0.3) is 0 Å². The van der Waals surface area contributed by atoms with Gasteiger partial charge in [-0.1, -0.05) is 0 Å². The lowest BCUT2D eigenvalue weighted by atomic mass is 9.99. The smallest absolute Gasteiger partial charge is 0.335 e. The Morgan fingerprint density at radius 1 is 1.25 bits per heavy atom. The van der Waals surface area contributed by atoms with Crippen molar-refractivity contribution in [1.82, 2.24) is 5.32 Å². The molecule has 0 radical (unpaired) electrons. The molecule has 86 valence electrons. The zero-order chi connectivity index (χ0) is 12.3. The van der Waals surface area contributed by atoms with Crippen LogP contribution < -0.4 is 5.32 Å². The number of hydrogen-bond acceptors (Lipinski definition) is 2. The number of rotatable bonds is 3. The monoisotopic (exact) mass is 221 g/mol. The molecule has 2 N–H and O–H groups in total. The van der Waals surface area contributed by atoms with Crippen molar-refractivity contribution in [3.8, 4) is 0 Å². The van der Waals surface area contributed by atoms with E-state index in [2.05, 4.69) is 5.32 Å². The van der Waals surface area contributed by atoms with Crippen LogP contribution in [-0.2, 0) is 11.3 Å². The topological polar surface area (TPSA) is 66.4 Å². The molecule has 0 atom stereocenters. The summed E-state index contributed by atoms with van der Waals surface area (Å²) >= 11 is 0. The van der Waals surface area contributed by atoms with Crippen LogP contribution in [0.4, 0.5) is 0 Å². The molecule has 0 aliphatic rings. The summed E-state index contributed by atoms with van der Waals surface area (Å²) in [4.78, 5) is 21.6. The summed E-state index contributed by atoms with van der Waals surface area (Å²) in [7, 11) is 0. The summed E-state index contributed by atoms with van der Waals surface area (Å²) in [5.74, 6) is -1.03. The van der Waals surface area contributed by atoms with E-state index in [4.69, 9.17) is 5.11 Å². The molecule has 4 nitrogen and oxygen atoms in total. The van der Waals surface area contributed by atoms with Gasteiger partial charge in [0.05, 0.1) is 5.56 Å². The molecule has 0 spiro atoms. The first kappa shape index (κ1) is 12.2. The number of hydrogen-bond donors (Lipinski definition) is 2. The molecular formula is C12H15NO3. The molecule has 0 aromatic heterocycles. The first-order chi connectivity index (χ1) is 7.41. The fourth-order valence-corrected chi connectivity index (χ4v) is 1.61. The molecule has 1 amide bonds. The van der Waals surface area contributed by atoms with Gasteiger partial charge >= 0.3 is 5.97 Å². The maximum atomic E-state index is 10.8. The van der Waals surface area contributed by atoms with Crippen LogP contribution in [0.3, 0.4) is 0 Å². The highest BCUT2D eigenvalue weighted by molar-refractivity contribution is 5.88. The number of carbonyl (C=O) groups is 2. The Kier molecular flexibility index (Phi) is 3.66. The number of benzene rings is 1. The first-order valence-electron chi connectivity index (χ1n) is 4.99. The molecule has 4 heteroatoms. The van der Waals surface area contributed by atoms with E-state index >= 15 is 0 Å². The molecule has 0 fully saturated rings. The summed E-state index contributed by atoms with van der Waals surface area (Å²) in [6.45, 7) is 5.58. The fraction of sp³-hybridized carbons (Fsp3) is 0.333. The van der Waals surface area contributed by atoms with Crippen molar-refractivity contribution in [3.05, 3.63) is 34.4 Å². The number of amides is 1. The Bertz CT molecular complexity index is 415. The Morgan fingerprint density at radius 2 is 1.75 bits per heavy atom. The Hall–Kier alpha value is -1.84. The van der Waals surface area contributed by atoms with Crippen molar-refractivity contribution < 1.29 is 14.7 Å². The van der Waals surface area contributed by atoms with Crippen LogP contribution >= 0.6 is 0 Å². The minimum atomic E-state index is -0.933. The molecular weight excluding hydrogens is 206 g/mol. The second-order valence-electron chi connectivity index (χ2n) is 3.80. The lowest BCUT2D eigenvalue weighted by molar-refractivity contribution is -0.119. The quantitative estimate of drug-likeness (QED) is 0.815. The third kappa shape index (κ3) is 2.82. The number of carboxylic acids is 1. The van der Waals surface area contributed by atoms with Gasteiger partial charge in [0, 0.05) is 13.5 Å². The molecule has 0 aliphatic heterocycles. The predicted octanol–water partition coefficient (Wildman–Crippen LogP) is 1.64. The van der Waals surface area contributed by atoms with Crippen LogP contribution in [0.15, 0.2) is 12.1 Å². The van der Waals surface area contributed by atoms with E-state index in [0.717, 1.165) is 16.7 Å².